The van der Waals surface area contributed by atoms with Crippen molar-refractivity contribution >= 4 is 17.6 Å². The van der Waals surface area contributed by atoms with Crippen molar-refractivity contribution < 1.29 is 14.3 Å². The Morgan fingerprint density at radius 3 is 2.42 bits per heavy atom. The number of hydrogen-bond acceptors (Lipinski definition) is 6. The second kappa shape index (κ2) is 12.4. The second-order valence-electron chi connectivity index (χ2n) is 9.79. The number of likely N-dealkylation sites (N-methyl/N-ethyl adjacent to an activating group) is 1. The van der Waals surface area contributed by atoms with E-state index in [-0.39, 0.29) is 23.3 Å². The Balaban J connectivity index is 1.53. The number of para-hydroxylation sites is 1. The van der Waals surface area contributed by atoms with Crippen molar-refractivity contribution in [1.82, 2.24) is 19.6 Å². The number of ether oxygens (including phenoxy) is 1. The summed E-state index contributed by atoms with van der Waals surface area (Å²) in [6, 6.07) is 16.8. The topological polar surface area (TPSA) is 120 Å². The number of likely N-dealkylation sites (tertiary alicyclic amines) is 1. The third-order valence-electron chi connectivity index (χ3n) is 6.64. The molecule has 0 radical (unpaired) electrons. The van der Waals surface area contributed by atoms with E-state index >= 15 is 0 Å². The van der Waals surface area contributed by atoms with Gasteiger partial charge in [-0.05, 0) is 76.2 Å². The SMILES string of the molecule is CN(C)C/C=C/C(=O)N1CCCC[C@H](n2nc(-c3ccc(Oc4ccccc4)cc3)c(C(N)=O)c2N)CC1. The van der Waals surface area contributed by atoms with Crippen LogP contribution >= 0.6 is 0 Å². The number of nitrogens with two attached hydrogens (primary N) is 2. The summed E-state index contributed by atoms with van der Waals surface area (Å²) in [6.07, 6.45) is 6.87. The number of rotatable bonds is 8. The highest BCUT2D eigenvalue weighted by molar-refractivity contribution is 6.03. The van der Waals surface area contributed by atoms with E-state index in [1.165, 1.54) is 0 Å². The van der Waals surface area contributed by atoms with Crippen LogP contribution < -0.4 is 16.2 Å². The van der Waals surface area contributed by atoms with E-state index in [1.807, 2.05) is 84.6 Å². The minimum absolute atomic E-state index is 0.0114. The molecule has 9 heteroatoms. The first-order valence-corrected chi connectivity index (χ1v) is 12.9. The maximum Gasteiger partial charge on any atom is 0.254 e. The third-order valence-corrected chi connectivity index (χ3v) is 6.64. The first-order chi connectivity index (χ1) is 18.3. The van der Waals surface area contributed by atoms with Crippen LogP contribution in [0.15, 0.2) is 66.7 Å². The number of nitrogen functional groups attached to an aromatic ring is 1. The van der Waals surface area contributed by atoms with Crippen LogP contribution in [0.3, 0.4) is 0 Å². The van der Waals surface area contributed by atoms with Crippen molar-refractivity contribution in [3.8, 4) is 22.8 Å². The number of nitrogens with zero attached hydrogens (tertiary/aromatic N) is 4. The fourth-order valence-electron chi connectivity index (χ4n) is 4.65. The summed E-state index contributed by atoms with van der Waals surface area (Å²) >= 11 is 0. The summed E-state index contributed by atoms with van der Waals surface area (Å²) in [6.45, 7) is 2.02. The van der Waals surface area contributed by atoms with Gasteiger partial charge in [0.05, 0.1) is 6.04 Å². The molecular formula is C29H36N6O3. The average molecular weight is 517 g/mol. The molecule has 0 bridgehead atoms. The van der Waals surface area contributed by atoms with Crippen molar-refractivity contribution in [3.05, 3.63) is 72.3 Å². The molecule has 1 saturated heterocycles. The van der Waals surface area contributed by atoms with E-state index in [4.69, 9.17) is 21.3 Å². The van der Waals surface area contributed by atoms with Crippen LogP contribution in [0.1, 0.15) is 42.1 Å². The molecule has 0 unspecified atom stereocenters. The zero-order chi connectivity index (χ0) is 27.1. The van der Waals surface area contributed by atoms with Crippen LogP contribution in [0.5, 0.6) is 11.5 Å². The van der Waals surface area contributed by atoms with Crippen LogP contribution in [0.25, 0.3) is 11.3 Å². The molecule has 2 heterocycles. The minimum Gasteiger partial charge on any atom is -0.457 e. The third kappa shape index (κ3) is 6.60. The summed E-state index contributed by atoms with van der Waals surface area (Å²) in [4.78, 5) is 29.0. The standard InChI is InChI=1S/C29H36N6O3/c1-33(2)18-8-12-25(36)34-19-7-6-9-22(17-20-34)35-28(30)26(29(31)37)27(32-35)21-13-15-24(16-14-21)38-23-10-4-3-5-11-23/h3-5,8,10-16,22H,6-7,9,17-20,30H2,1-2H3,(H2,31,37)/b12-8+/t22-/m0/s1. The van der Waals surface area contributed by atoms with Gasteiger partial charge in [-0.25, -0.2) is 4.68 Å². The fraction of sp³-hybridized carbons (Fsp3) is 0.345. The van der Waals surface area contributed by atoms with Crippen molar-refractivity contribution in [2.45, 2.75) is 31.7 Å². The zero-order valence-electron chi connectivity index (χ0n) is 22.0. The van der Waals surface area contributed by atoms with Crippen LogP contribution in [0.4, 0.5) is 5.82 Å². The summed E-state index contributed by atoms with van der Waals surface area (Å²) in [5.74, 6) is 1.04. The monoisotopic (exact) mass is 516 g/mol. The Morgan fingerprint density at radius 2 is 1.74 bits per heavy atom. The van der Waals surface area contributed by atoms with Gasteiger partial charge in [0, 0.05) is 31.3 Å². The van der Waals surface area contributed by atoms with Crippen molar-refractivity contribution in [1.29, 1.82) is 0 Å². The lowest BCUT2D eigenvalue weighted by molar-refractivity contribution is -0.126. The van der Waals surface area contributed by atoms with Gasteiger partial charge in [0.25, 0.3) is 5.91 Å². The summed E-state index contributed by atoms with van der Waals surface area (Å²) in [7, 11) is 3.93. The van der Waals surface area contributed by atoms with Gasteiger partial charge < -0.3 is 26.0 Å². The van der Waals surface area contributed by atoms with Crippen molar-refractivity contribution in [3.63, 3.8) is 0 Å². The minimum atomic E-state index is -0.623. The van der Waals surface area contributed by atoms with E-state index in [9.17, 15) is 9.59 Å². The van der Waals surface area contributed by atoms with Gasteiger partial charge in [-0.3, -0.25) is 9.59 Å². The van der Waals surface area contributed by atoms with E-state index < -0.39 is 5.91 Å². The molecule has 2 aromatic carbocycles. The fourth-order valence-corrected chi connectivity index (χ4v) is 4.65. The van der Waals surface area contributed by atoms with Gasteiger partial charge in [-0.2, -0.15) is 5.10 Å². The number of anilines is 1. The van der Waals surface area contributed by atoms with Gasteiger partial charge in [0.2, 0.25) is 5.91 Å². The quantitative estimate of drug-likeness (QED) is 0.435. The molecule has 1 aliphatic rings. The first kappa shape index (κ1) is 26.9. The Bertz CT molecular complexity index is 1270. The van der Waals surface area contributed by atoms with E-state index in [2.05, 4.69) is 0 Å². The van der Waals surface area contributed by atoms with Crippen LogP contribution in [0.2, 0.25) is 0 Å². The normalized spacial score (nSPS) is 16.4. The molecule has 200 valence electrons. The van der Waals surface area contributed by atoms with E-state index in [0.29, 0.717) is 31.0 Å². The summed E-state index contributed by atoms with van der Waals surface area (Å²) in [5, 5.41) is 4.78. The van der Waals surface area contributed by atoms with Gasteiger partial charge in [0.1, 0.15) is 28.6 Å². The highest BCUT2D eigenvalue weighted by Crippen LogP contribution is 2.33. The molecule has 1 aromatic heterocycles. The van der Waals surface area contributed by atoms with Gasteiger partial charge >= 0.3 is 0 Å². The Morgan fingerprint density at radius 1 is 1.03 bits per heavy atom. The van der Waals surface area contributed by atoms with Crippen LogP contribution in [-0.4, -0.2) is 65.1 Å². The van der Waals surface area contributed by atoms with Gasteiger partial charge in [-0.1, -0.05) is 24.3 Å². The molecule has 3 aromatic rings. The molecule has 2 amide bonds. The van der Waals surface area contributed by atoms with Crippen molar-refractivity contribution in [2.75, 3.05) is 39.5 Å². The molecule has 0 saturated carbocycles. The molecule has 0 spiro atoms. The molecule has 38 heavy (non-hydrogen) atoms. The summed E-state index contributed by atoms with van der Waals surface area (Å²) < 4.78 is 7.60. The molecule has 1 fully saturated rings. The maximum absolute atomic E-state index is 12.7. The van der Waals surface area contributed by atoms with Gasteiger partial charge in [0.15, 0.2) is 0 Å². The van der Waals surface area contributed by atoms with Crippen LogP contribution in [0, 0.1) is 0 Å². The number of carbonyl (C=O) groups excluding carboxylic acids is 2. The number of benzene rings is 2. The van der Waals surface area contributed by atoms with Gasteiger partial charge in [-0.15, -0.1) is 0 Å². The molecule has 9 nitrogen and oxygen atoms in total. The Hall–Kier alpha value is -4.11. The largest absolute Gasteiger partial charge is 0.457 e. The predicted octanol–water partition coefficient (Wildman–Crippen LogP) is 4.09. The highest BCUT2D eigenvalue weighted by Gasteiger charge is 2.27. The highest BCUT2D eigenvalue weighted by atomic mass is 16.5. The number of aromatic nitrogens is 2. The second-order valence-corrected chi connectivity index (χ2v) is 9.79. The average Bonchev–Trinajstić information content (AvgIpc) is 3.22. The molecule has 1 aliphatic heterocycles. The number of hydrogen-bond donors (Lipinski definition) is 2. The predicted molar refractivity (Wildman–Crippen MR) is 149 cm³/mol. The smallest absolute Gasteiger partial charge is 0.254 e. The lowest BCUT2D eigenvalue weighted by Crippen LogP contribution is -2.34. The Labute approximate surface area is 223 Å². The number of carbonyl (C=O) groups is 2. The summed E-state index contributed by atoms with van der Waals surface area (Å²) in [5.41, 5.74) is 13.6. The molecule has 1 atom stereocenters. The lowest BCUT2D eigenvalue weighted by atomic mass is 10.0. The number of amides is 2. The van der Waals surface area contributed by atoms with E-state index in [0.717, 1.165) is 37.1 Å². The van der Waals surface area contributed by atoms with Crippen molar-refractivity contribution in [2.24, 2.45) is 5.73 Å². The Kier molecular flexibility index (Phi) is 8.81. The number of primary amides is 1. The van der Waals surface area contributed by atoms with Crippen LogP contribution in [-0.2, 0) is 4.79 Å². The lowest BCUT2D eigenvalue weighted by Gasteiger charge is -2.28. The molecule has 0 aliphatic carbocycles. The first-order valence-electron chi connectivity index (χ1n) is 12.9. The molecule has 4 N–H and O–H groups in total. The van der Waals surface area contributed by atoms with E-state index in [1.54, 1.807) is 10.8 Å². The maximum atomic E-state index is 12.7. The zero-order valence-corrected chi connectivity index (χ0v) is 22.0. The molecule has 4 rings (SSSR count). The molecular weight excluding hydrogens is 480 g/mol.